The maximum Gasteiger partial charge on any atom is 0.414 e. The van der Waals surface area contributed by atoms with Gasteiger partial charge in [-0.2, -0.15) is 0 Å². The molecule has 1 aliphatic heterocycles. The van der Waals surface area contributed by atoms with Gasteiger partial charge in [0.2, 0.25) is 0 Å². The number of nitrogens with one attached hydrogen (secondary N) is 1. The molecule has 29 heavy (non-hydrogen) atoms. The Balaban J connectivity index is 1.67. The largest absolute Gasteiger partial charge is 0.493 e. The summed E-state index contributed by atoms with van der Waals surface area (Å²) in [6.07, 6.45) is -0.567. The zero-order valence-corrected chi connectivity index (χ0v) is 16.3. The van der Waals surface area contributed by atoms with Crippen molar-refractivity contribution in [2.45, 2.75) is 19.4 Å². The molecule has 3 N–H and O–H groups in total. The van der Waals surface area contributed by atoms with Crippen molar-refractivity contribution in [1.29, 1.82) is 5.41 Å². The number of benzene rings is 2. The number of methoxy groups -OCH3 is 1. The van der Waals surface area contributed by atoms with Crippen LogP contribution in [0.2, 0.25) is 0 Å². The lowest BCUT2D eigenvalue weighted by atomic mass is 10.1. The molecular weight excluding hydrogens is 374 g/mol. The molecule has 152 valence electrons. The molecule has 1 saturated heterocycles. The van der Waals surface area contributed by atoms with Crippen LogP contribution in [0.1, 0.15) is 29.3 Å². The summed E-state index contributed by atoms with van der Waals surface area (Å²) in [5, 5.41) is 7.54. The number of hydrogen-bond acceptors (Lipinski definition) is 6. The van der Waals surface area contributed by atoms with Gasteiger partial charge in [0.1, 0.15) is 12.4 Å². The Morgan fingerprint density at radius 3 is 2.72 bits per heavy atom. The minimum Gasteiger partial charge on any atom is -0.493 e. The smallest absolute Gasteiger partial charge is 0.414 e. The molecule has 1 atom stereocenters. The van der Waals surface area contributed by atoms with E-state index in [2.05, 4.69) is 0 Å². The predicted molar refractivity (Wildman–Crippen MR) is 108 cm³/mol. The number of hydrogen-bond donors (Lipinski definition) is 2. The Morgan fingerprint density at radius 2 is 2.03 bits per heavy atom. The number of anilines is 1. The number of amides is 1. The van der Waals surface area contributed by atoms with Crippen LogP contribution < -0.4 is 20.1 Å². The van der Waals surface area contributed by atoms with E-state index in [0.717, 1.165) is 0 Å². The van der Waals surface area contributed by atoms with Gasteiger partial charge in [-0.05, 0) is 30.3 Å². The van der Waals surface area contributed by atoms with Gasteiger partial charge in [-0.15, -0.1) is 0 Å². The second-order valence-electron chi connectivity index (χ2n) is 6.53. The SMILES string of the molecule is CCC(=O)c1ccc(OCC2CN(c3cccc(C(=N)N)c3)C(=O)O2)c(OC)c1. The Morgan fingerprint density at radius 1 is 1.24 bits per heavy atom. The highest BCUT2D eigenvalue weighted by atomic mass is 16.6. The van der Waals surface area contributed by atoms with E-state index in [1.165, 1.54) is 12.0 Å². The van der Waals surface area contributed by atoms with Gasteiger partial charge < -0.3 is 19.9 Å². The van der Waals surface area contributed by atoms with Crippen molar-refractivity contribution in [2.24, 2.45) is 5.73 Å². The Kier molecular flexibility index (Phi) is 6.01. The molecule has 1 amide bonds. The first kappa shape index (κ1) is 20.2. The van der Waals surface area contributed by atoms with Gasteiger partial charge in [-0.3, -0.25) is 15.1 Å². The first-order chi connectivity index (χ1) is 13.9. The third-order valence-corrected chi connectivity index (χ3v) is 4.57. The van der Waals surface area contributed by atoms with Crippen LogP contribution in [-0.2, 0) is 4.74 Å². The molecule has 1 aliphatic rings. The molecular formula is C21H23N3O5. The van der Waals surface area contributed by atoms with Gasteiger partial charge in [0, 0.05) is 23.2 Å². The zero-order valence-electron chi connectivity index (χ0n) is 16.3. The number of nitrogens with two attached hydrogens (primary N) is 1. The quantitative estimate of drug-likeness (QED) is 0.402. The molecule has 0 aromatic heterocycles. The van der Waals surface area contributed by atoms with Crippen LogP contribution in [0, 0.1) is 5.41 Å². The van der Waals surface area contributed by atoms with Crippen molar-refractivity contribution in [3.8, 4) is 11.5 Å². The number of nitrogen functional groups attached to an aromatic ring is 1. The molecule has 1 fully saturated rings. The number of cyclic esters (lactones) is 1. The van der Waals surface area contributed by atoms with E-state index in [4.69, 9.17) is 25.4 Å². The fourth-order valence-corrected chi connectivity index (χ4v) is 3.01. The first-order valence-electron chi connectivity index (χ1n) is 9.19. The lowest BCUT2D eigenvalue weighted by Gasteiger charge is -2.15. The fourth-order valence-electron chi connectivity index (χ4n) is 3.01. The Bertz CT molecular complexity index is 944. The van der Waals surface area contributed by atoms with Gasteiger partial charge in [0.15, 0.2) is 23.4 Å². The fraction of sp³-hybridized carbons (Fsp3) is 0.286. The van der Waals surface area contributed by atoms with E-state index in [1.807, 2.05) is 0 Å². The van der Waals surface area contributed by atoms with Crippen LogP contribution in [0.5, 0.6) is 11.5 Å². The van der Waals surface area contributed by atoms with Crippen LogP contribution in [0.4, 0.5) is 10.5 Å². The van der Waals surface area contributed by atoms with Crippen molar-refractivity contribution in [2.75, 3.05) is 25.2 Å². The number of ketones is 1. The van der Waals surface area contributed by atoms with Gasteiger partial charge in [0.25, 0.3) is 0 Å². The molecule has 1 unspecified atom stereocenters. The summed E-state index contributed by atoms with van der Waals surface area (Å²) >= 11 is 0. The van der Waals surface area contributed by atoms with Crippen LogP contribution in [-0.4, -0.2) is 44.1 Å². The maximum atomic E-state index is 12.3. The van der Waals surface area contributed by atoms with Crippen molar-refractivity contribution in [3.63, 3.8) is 0 Å². The summed E-state index contributed by atoms with van der Waals surface area (Å²) in [6.45, 7) is 2.23. The lowest BCUT2D eigenvalue weighted by molar-refractivity contribution is 0.0984. The topological polar surface area (TPSA) is 115 Å². The second kappa shape index (κ2) is 8.64. The average molecular weight is 397 g/mol. The standard InChI is InChI=1S/C21H23N3O5/c1-3-17(25)13-7-8-18(19(10-13)27-2)28-12-16-11-24(21(26)29-16)15-6-4-5-14(9-15)20(22)23/h4-10,16H,3,11-12H2,1-2H3,(H3,22,23). The van der Waals surface area contributed by atoms with Crippen molar-refractivity contribution in [1.82, 2.24) is 0 Å². The highest BCUT2D eigenvalue weighted by Crippen LogP contribution is 2.30. The summed E-state index contributed by atoms with van der Waals surface area (Å²) in [5.74, 6) is 0.854. The van der Waals surface area contributed by atoms with Crippen molar-refractivity contribution < 1.29 is 23.8 Å². The minimum atomic E-state index is -0.491. The molecule has 8 heteroatoms. The molecule has 0 bridgehead atoms. The summed E-state index contributed by atoms with van der Waals surface area (Å²) in [5.41, 5.74) is 7.20. The van der Waals surface area contributed by atoms with Crippen LogP contribution >= 0.6 is 0 Å². The molecule has 2 aromatic rings. The highest BCUT2D eigenvalue weighted by Gasteiger charge is 2.33. The van der Waals surface area contributed by atoms with E-state index in [-0.39, 0.29) is 18.2 Å². The number of amidine groups is 1. The molecule has 0 aliphatic carbocycles. The minimum absolute atomic E-state index is 0.0167. The monoisotopic (exact) mass is 397 g/mol. The van der Waals surface area contributed by atoms with E-state index in [0.29, 0.717) is 41.3 Å². The summed E-state index contributed by atoms with van der Waals surface area (Å²) in [6, 6.07) is 11.8. The van der Waals surface area contributed by atoms with E-state index < -0.39 is 12.2 Å². The third kappa shape index (κ3) is 4.48. The van der Waals surface area contributed by atoms with Gasteiger partial charge in [-0.1, -0.05) is 19.1 Å². The first-order valence-corrected chi connectivity index (χ1v) is 9.19. The molecule has 1 heterocycles. The molecule has 2 aromatic carbocycles. The summed E-state index contributed by atoms with van der Waals surface area (Å²) in [4.78, 5) is 25.6. The lowest BCUT2D eigenvalue weighted by Crippen LogP contribution is -2.27. The van der Waals surface area contributed by atoms with Gasteiger partial charge in [0.05, 0.1) is 13.7 Å². The van der Waals surface area contributed by atoms with Crippen molar-refractivity contribution in [3.05, 3.63) is 53.6 Å². The van der Waals surface area contributed by atoms with Crippen LogP contribution in [0.25, 0.3) is 0 Å². The van der Waals surface area contributed by atoms with E-state index in [9.17, 15) is 9.59 Å². The molecule has 8 nitrogen and oxygen atoms in total. The number of Topliss-reactive ketones (excluding diaryl/α,β-unsaturated/α-hetero) is 1. The van der Waals surface area contributed by atoms with E-state index >= 15 is 0 Å². The molecule has 0 saturated carbocycles. The summed E-state index contributed by atoms with van der Waals surface area (Å²) in [7, 11) is 1.50. The predicted octanol–water partition coefficient (Wildman–Crippen LogP) is 2.98. The van der Waals surface area contributed by atoms with Gasteiger partial charge >= 0.3 is 6.09 Å². The van der Waals surface area contributed by atoms with Crippen LogP contribution in [0.3, 0.4) is 0 Å². The normalized spacial score (nSPS) is 15.7. The summed E-state index contributed by atoms with van der Waals surface area (Å²) < 4.78 is 16.5. The van der Waals surface area contributed by atoms with Gasteiger partial charge in [-0.25, -0.2) is 4.79 Å². The molecule has 0 radical (unpaired) electrons. The zero-order chi connectivity index (χ0) is 21.0. The number of carbonyl (C=O) groups is 2. The van der Waals surface area contributed by atoms with E-state index in [1.54, 1.807) is 49.4 Å². The average Bonchev–Trinajstić information content (AvgIpc) is 3.12. The second-order valence-corrected chi connectivity index (χ2v) is 6.53. The number of nitrogens with zero attached hydrogens (tertiary/aromatic N) is 1. The van der Waals surface area contributed by atoms with Crippen LogP contribution in [0.15, 0.2) is 42.5 Å². The third-order valence-electron chi connectivity index (χ3n) is 4.57. The number of ether oxygens (including phenoxy) is 3. The Labute approximate surface area is 168 Å². The number of carbonyl (C=O) groups excluding carboxylic acids is 2. The Hall–Kier alpha value is -3.55. The maximum absolute atomic E-state index is 12.3. The highest BCUT2D eigenvalue weighted by molar-refractivity contribution is 5.98. The molecule has 3 rings (SSSR count). The number of rotatable bonds is 8. The van der Waals surface area contributed by atoms with Crippen molar-refractivity contribution >= 4 is 23.4 Å². The molecule has 0 spiro atoms.